The summed E-state index contributed by atoms with van der Waals surface area (Å²) >= 11 is 0. The maximum Gasteiger partial charge on any atom is 0.416 e. The molecular formula is C19H21F3N2O4. The van der Waals surface area contributed by atoms with Crippen LogP contribution in [0, 0.1) is 11.8 Å². The molecule has 1 aromatic rings. The van der Waals surface area contributed by atoms with Gasteiger partial charge in [-0.1, -0.05) is 12.1 Å². The number of rotatable bonds is 5. The third kappa shape index (κ3) is 4.28. The normalized spacial score (nSPS) is 25.2. The topological polar surface area (TPSA) is 86.7 Å². The van der Waals surface area contributed by atoms with Crippen LogP contribution < -0.4 is 5.32 Å². The molecule has 1 aromatic carbocycles. The molecule has 0 spiro atoms. The Hall–Kier alpha value is -2.58. The van der Waals surface area contributed by atoms with E-state index in [0.29, 0.717) is 37.8 Å². The number of carbonyl (C=O) groups is 3. The predicted molar refractivity (Wildman–Crippen MR) is 91.9 cm³/mol. The lowest BCUT2D eigenvalue weighted by molar-refractivity contribution is -0.153. The van der Waals surface area contributed by atoms with Crippen molar-refractivity contribution in [1.29, 1.82) is 0 Å². The fourth-order valence-electron chi connectivity index (χ4n) is 3.69. The first-order valence-corrected chi connectivity index (χ1v) is 9.15. The van der Waals surface area contributed by atoms with Crippen molar-refractivity contribution in [2.45, 2.75) is 44.4 Å². The minimum absolute atomic E-state index is 0.0241. The van der Waals surface area contributed by atoms with Crippen LogP contribution in [-0.2, 0) is 27.1 Å². The Morgan fingerprint density at radius 1 is 1.18 bits per heavy atom. The molecule has 9 heteroatoms. The number of nitrogens with zero attached hydrogens (tertiary/aromatic N) is 1. The first-order valence-electron chi connectivity index (χ1n) is 9.15. The van der Waals surface area contributed by atoms with Crippen LogP contribution in [0.25, 0.3) is 0 Å². The molecule has 152 valence electrons. The summed E-state index contributed by atoms with van der Waals surface area (Å²) in [6.07, 6.45) is -2.52. The van der Waals surface area contributed by atoms with E-state index in [2.05, 4.69) is 5.32 Å². The molecule has 1 aliphatic heterocycles. The van der Waals surface area contributed by atoms with Crippen molar-refractivity contribution >= 4 is 17.8 Å². The number of piperidine rings is 1. The number of carboxylic acid groups (broad SMARTS) is 1. The summed E-state index contributed by atoms with van der Waals surface area (Å²) in [6, 6.07) is 4.04. The zero-order chi connectivity index (χ0) is 20.5. The standard InChI is InChI=1S/C19H21F3N2O4/c20-19(21,22)12-4-1-3-11(9-12)10-24-8-2-5-15(17(24)26)23-16(25)13-6-7-14(13)18(27)28/h1,3-4,9,13-15H,2,5-8,10H2,(H,23,25)(H,27,28). The molecule has 6 nitrogen and oxygen atoms in total. The Morgan fingerprint density at radius 3 is 2.50 bits per heavy atom. The van der Waals surface area contributed by atoms with E-state index in [1.165, 1.54) is 17.0 Å². The largest absolute Gasteiger partial charge is 0.481 e. The Morgan fingerprint density at radius 2 is 1.89 bits per heavy atom. The highest BCUT2D eigenvalue weighted by atomic mass is 19.4. The lowest BCUT2D eigenvalue weighted by Crippen LogP contribution is -2.55. The summed E-state index contributed by atoms with van der Waals surface area (Å²) in [7, 11) is 0. The molecule has 1 saturated carbocycles. The number of hydrogen-bond donors (Lipinski definition) is 2. The van der Waals surface area contributed by atoms with Crippen molar-refractivity contribution in [3.63, 3.8) is 0 Å². The molecule has 1 saturated heterocycles. The molecule has 3 rings (SSSR count). The van der Waals surface area contributed by atoms with Gasteiger partial charge in [-0.25, -0.2) is 0 Å². The van der Waals surface area contributed by atoms with Crippen molar-refractivity contribution < 1.29 is 32.7 Å². The zero-order valence-electron chi connectivity index (χ0n) is 15.0. The molecule has 0 radical (unpaired) electrons. The SMILES string of the molecule is O=C(O)C1CCC1C(=O)NC1CCCN(Cc2cccc(C(F)(F)F)c2)C1=O. The van der Waals surface area contributed by atoms with Crippen LogP contribution in [0.3, 0.4) is 0 Å². The Balaban J connectivity index is 1.63. The monoisotopic (exact) mass is 398 g/mol. The van der Waals surface area contributed by atoms with E-state index in [0.717, 1.165) is 12.1 Å². The van der Waals surface area contributed by atoms with Gasteiger partial charge in [0.05, 0.1) is 17.4 Å². The third-order valence-corrected chi connectivity index (χ3v) is 5.40. The molecule has 1 aliphatic carbocycles. The second-order valence-corrected chi connectivity index (χ2v) is 7.29. The lowest BCUT2D eigenvalue weighted by atomic mass is 9.73. The van der Waals surface area contributed by atoms with E-state index in [9.17, 15) is 27.6 Å². The highest BCUT2D eigenvalue weighted by Crippen LogP contribution is 2.35. The first kappa shape index (κ1) is 20.2. The molecule has 2 aliphatic rings. The van der Waals surface area contributed by atoms with E-state index in [-0.39, 0.29) is 12.5 Å². The summed E-state index contributed by atoms with van der Waals surface area (Å²) < 4.78 is 38.6. The van der Waals surface area contributed by atoms with Gasteiger partial charge in [-0.3, -0.25) is 14.4 Å². The van der Waals surface area contributed by atoms with Crippen LogP contribution in [0.1, 0.15) is 36.8 Å². The fraction of sp³-hybridized carbons (Fsp3) is 0.526. The van der Waals surface area contributed by atoms with Crippen LogP contribution >= 0.6 is 0 Å². The van der Waals surface area contributed by atoms with Gasteiger partial charge in [0.1, 0.15) is 6.04 Å². The Bertz CT molecular complexity index is 781. The molecule has 0 aromatic heterocycles. The van der Waals surface area contributed by atoms with Crippen molar-refractivity contribution in [1.82, 2.24) is 10.2 Å². The van der Waals surface area contributed by atoms with Crippen molar-refractivity contribution in [3.8, 4) is 0 Å². The summed E-state index contributed by atoms with van der Waals surface area (Å²) in [4.78, 5) is 37.5. The molecule has 28 heavy (non-hydrogen) atoms. The van der Waals surface area contributed by atoms with Gasteiger partial charge in [0.25, 0.3) is 0 Å². The molecule has 2 fully saturated rings. The van der Waals surface area contributed by atoms with Gasteiger partial charge in [-0.05, 0) is 43.4 Å². The highest BCUT2D eigenvalue weighted by molar-refractivity contribution is 5.91. The number of benzene rings is 1. The first-order chi connectivity index (χ1) is 13.2. The van der Waals surface area contributed by atoms with Gasteiger partial charge >= 0.3 is 12.1 Å². The van der Waals surface area contributed by atoms with Crippen LogP contribution in [0.4, 0.5) is 13.2 Å². The van der Waals surface area contributed by atoms with E-state index in [1.54, 1.807) is 0 Å². The number of nitrogens with one attached hydrogen (secondary N) is 1. The van der Waals surface area contributed by atoms with E-state index >= 15 is 0 Å². The van der Waals surface area contributed by atoms with Crippen molar-refractivity contribution in [2.75, 3.05) is 6.54 Å². The molecular weight excluding hydrogens is 377 g/mol. The van der Waals surface area contributed by atoms with E-state index in [1.807, 2.05) is 0 Å². The van der Waals surface area contributed by atoms with Gasteiger partial charge in [0.15, 0.2) is 0 Å². The quantitative estimate of drug-likeness (QED) is 0.798. The summed E-state index contributed by atoms with van der Waals surface area (Å²) in [5, 5.41) is 11.7. The zero-order valence-corrected chi connectivity index (χ0v) is 15.0. The predicted octanol–water partition coefficient (Wildman–Crippen LogP) is 2.42. The van der Waals surface area contributed by atoms with Crippen molar-refractivity contribution in [2.24, 2.45) is 11.8 Å². The maximum absolute atomic E-state index is 12.9. The lowest BCUT2D eigenvalue weighted by Gasteiger charge is -2.36. The number of amides is 2. The molecule has 1 heterocycles. The summed E-state index contributed by atoms with van der Waals surface area (Å²) in [5.74, 6) is -3.18. The number of aliphatic carboxylic acids is 1. The molecule has 3 unspecified atom stereocenters. The smallest absolute Gasteiger partial charge is 0.416 e. The summed E-state index contributed by atoms with van der Waals surface area (Å²) in [6.45, 7) is 0.416. The van der Waals surface area contributed by atoms with Gasteiger partial charge in [-0.2, -0.15) is 13.2 Å². The van der Waals surface area contributed by atoms with Gasteiger partial charge in [0.2, 0.25) is 11.8 Å². The summed E-state index contributed by atoms with van der Waals surface area (Å²) in [5.41, 5.74) is -0.413. The number of likely N-dealkylation sites (tertiary alicyclic amines) is 1. The molecule has 3 atom stereocenters. The Labute approximate surface area is 159 Å². The van der Waals surface area contributed by atoms with Crippen LogP contribution in [0.5, 0.6) is 0 Å². The van der Waals surface area contributed by atoms with E-state index in [4.69, 9.17) is 5.11 Å². The minimum Gasteiger partial charge on any atom is -0.481 e. The molecule has 2 N–H and O–H groups in total. The van der Waals surface area contributed by atoms with Crippen LogP contribution in [-0.4, -0.2) is 40.4 Å². The van der Waals surface area contributed by atoms with Crippen LogP contribution in [0.15, 0.2) is 24.3 Å². The number of alkyl halides is 3. The van der Waals surface area contributed by atoms with Crippen LogP contribution in [0.2, 0.25) is 0 Å². The highest BCUT2D eigenvalue weighted by Gasteiger charge is 2.43. The van der Waals surface area contributed by atoms with Gasteiger partial charge in [0, 0.05) is 13.1 Å². The number of carboxylic acids is 1. The van der Waals surface area contributed by atoms with Gasteiger partial charge < -0.3 is 15.3 Å². The Kier molecular flexibility index (Phi) is 5.62. The second kappa shape index (κ2) is 7.81. The van der Waals surface area contributed by atoms with E-state index < -0.39 is 41.5 Å². The number of hydrogen-bond acceptors (Lipinski definition) is 3. The van der Waals surface area contributed by atoms with Gasteiger partial charge in [-0.15, -0.1) is 0 Å². The number of halogens is 3. The maximum atomic E-state index is 12.9. The number of carbonyl (C=O) groups excluding carboxylic acids is 2. The minimum atomic E-state index is -4.46. The fourth-order valence-corrected chi connectivity index (χ4v) is 3.69. The van der Waals surface area contributed by atoms with Crippen molar-refractivity contribution in [3.05, 3.63) is 35.4 Å². The average molecular weight is 398 g/mol. The molecule has 2 amide bonds. The average Bonchev–Trinajstić information content (AvgIpc) is 2.56. The third-order valence-electron chi connectivity index (χ3n) is 5.40. The second-order valence-electron chi connectivity index (χ2n) is 7.29. The molecule has 0 bridgehead atoms.